The van der Waals surface area contributed by atoms with Crippen molar-refractivity contribution in [1.82, 2.24) is 14.9 Å². The van der Waals surface area contributed by atoms with E-state index in [4.69, 9.17) is 0 Å². The lowest BCUT2D eigenvalue weighted by atomic mass is 10.2. The van der Waals surface area contributed by atoms with Crippen molar-refractivity contribution in [3.05, 3.63) is 40.2 Å². The van der Waals surface area contributed by atoms with Crippen molar-refractivity contribution in [3.8, 4) is 0 Å². The van der Waals surface area contributed by atoms with Crippen LogP contribution in [0.1, 0.15) is 19.7 Å². The highest BCUT2D eigenvalue weighted by Crippen LogP contribution is 2.32. The molecular formula is C16H16FN3O2S. The fraction of sp³-hybridized carbons (Fsp3) is 0.312. The molecule has 23 heavy (non-hydrogen) atoms. The molecule has 1 amide bonds. The van der Waals surface area contributed by atoms with Crippen LogP contribution in [0.25, 0.3) is 20.3 Å². The first-order chi connectivity index (χ1) is 10.9. The molecule has 0 unspecified atom stereocenters. The number of aromatic nitrogens is 2. The van der Waals surface area contributed by atoms with E-state index in [9.17, 15) is 14.0 Å². The normalized spacial score (nSPS) is 11.5. The van der Waals surface area contributed by atoms with E-state index in [-0.39, 0.29) is 24.1 Å². The summed E-state index contributed by atoms with van der Waals surface area (Å²) in [5.41, 5.74) is 0.0538. The number of nitrogens with one attached hydrogen (secondary N) is 1. The molecule has 2 heterocycles. The first-order valence-corrected chi connectivity index (χ1v) is 8.07. The largest absolute Gasteiger partial charge is 0.352 e. The van der Waals surface area contributed by atoms with E-state index in [2.05, 4.69) is 10.3 Å². The predicted molar refractivity (Wildman–Crippen MR) is 89.4 cm³/mol. The number of halogens is 1. The van der Waals surface area contributed by atoms with Gasteiger partial charge >= 0.3 is 0 Å². The Morgan fingerprint density at radius 2 is 2.17 bits per heavy atom. The van der Waals surface area contributed by atoms with E-state index in [1.807, 2.05) is 13.8 Å². The lowest BCUT2D eigenvalue weighted by Gasteiger charge is -2.11. The molecule has 0 saturated heterocycles. The third kappa shape index (κ3) is 2.72. The van der Waals surface area contributed by atoms with Gasteiger partial charge < -0.3 is 5.32 Å². The molecule has 3 rings (SSSR count). The number of benzene rings is 1. The van der Waals surface area contributed by atoms with E-state index in [0.29, 0.717) is 26.1 Å². The Morgan fingerprint density at radius 1 is 1.43 bits per heavy atom. The van der Waals surface area contributed by atoms with Crippen molar-refractivity contribution in [3.63, 3.8) is 0 Å². The number of hydrogen-bond acceptors (Lipinski definition) is 4. The highest BCUT2D eigenvalue weighted by molar-refractivity contribution is 7.25. The van der Waals surface area contributed by atoms with Crippen LogP contribution in [0.2, 0.25) is 0 Å². The Bertz CT molecular complexity index is 975. The molecule has 5 nitrogen and oxygen atoms in total. The highest BCUT2D eigenvalue weighted by atomic mass is 32.1. The Hall–Kier alpha value is -2.28. The second-order valence-electron chi connectivity index (χ2n) is 5.67. The van der Waals surface area contributed by atoms with Crippen molar-refractivity contribution >= 4 is 37.5 Å². The number of nitrogens with zero attached hydrogens (tertiary/aromatic N) is 2. The van der Waals surface area contributed by atoms with Crippen molar-refractivity contribution in [2.45, 2.75) is 33.4 Å². The van der Waals surface area contributed by atoms with Gasteiger partial charge in [-0.2, -0.15) is 0 Å². The molecule has 7 heteroatoms. The van der Waals surface area contributed by atoms with Crippen LogP contribution in [-0.2, 0) is 11.3 Å². The maximum atomic E-state index is 14.1. The van der Waals surface area contributed by atoms with Gasteiger partial charge in [0, 0.05) is 10.7 Å². The molecular weight excluding hydrogens is 317 g/mol. The van der Waals surface area contributed by atoms with Crippen LogP contribution in [0.4, 0.5) is 4.39 Å². The van der Waals surface area contributed by atoms with Gasteiger partial charge in [-0.25, -0.2) is 9.37 Å². The number of thiophene rings is 1. The molecule has 1 N–H and O–H groups in total. The third-order valence-electron chi connectivity index (χ3n) is 3.49. The fourth-order valence-electron chi connectivity index (χ4n) is 2.53. The van der Waals surface area contributed by atoms with Crippen LogP contribution in [-0.4, -0.2) is 21.5 Å². The lowest BCUT2D eigenvalue weighted by molar-refractivity contribution is -0.122. The summed E-state index contributed by atoms with van der Waals surface area (Å²) in [6.07, 6.45) is 0. The molecule has 0 atom stereocenters. The van der Waals surface area contributed by atoms with Gasteiger partial charge in [0.2, 0.25) is 5.91 Å². The van der Waals surface area contributed by atoms with Crippen LogP contribution >= 0.6 is 11.3 Å². The van der Waals surface area contributed by atoms with Crippen molar-refractivity contribution < 1.29 is 9.18 Å². The maximum absolute atomic E-state index is 14.1. The van der Waals surface area contributed by atoms with E-state index >= 15 is 0 Å². The SMILES string of the molecule is Cc1nc2c(sc3cccc(F)c32)c(=O)n1CC(=O)NC(C)C. The molecule has 0 bridgehead atoms. The van der Waals surface area contributed by atoms with Gasteiger partial charge in [-0.1, -0.05) is 6.07 Å². The number of carbonyl (C=O) groups excluding carboxylic acids is 1. The predicted octanol–water partition coefficient (Wildman–Crippen LogP) is 2.58. The summed E-state index contributed by atoms with van der Waals surface area (Å²) in [6.45, 7) is 5.25. The molecule has 0 saturated carbocycles. The van der Waals surface area contributed by atoms with Gasteiger partial charge in [0.15, 0.2) is 0 Å². The van der Waals surface area contributed by atoms with E-state index < -0.39 is 5.82 Å². The Kier molecular flexibility index (Phi) is 3.89. The second kappa shape index (κ2) is 5.73. The Balaban J connectivity index is 2.19. The summed E-state index contributed by atoms with van der Waals surface area (Å²) in [5, 5.41) is 3.11. The molecule has 0 radical (unpaired) electrons. The van der Waals surface area contributed by atoms with Gasteiger partial charge in [-0.15, -0.1) is 11.3 Å². The lowest BCUT2D eigenvalue weighted by Crippen LogP contribution is -2.37. The van der Waals surface area contributed by atoms with Crippen LogP contribution < -0.4 is 10.9 Å². The molecule has 2 aromatic heterocycles. The number of aryl methyl sites for hydroxylation is 1. The zero-order valence-corrected chi connectivity index (χ0v) is 13.8. The van der Waals surface area contributed by atoms with E-state index in [1.54, 1.807) is 19.1 Å². The maximum Gasteiger partial charge on any atom is 0.272 e. The molecule has 0 aliphatic carbocycles. The van der Waals surface area contributed by atoms with Crippen LogP contribution in [0, 0.1) is 12.7 Å². The zero-order chi connectivity index (χ0) is 16.7. The topological polar surface area (TPSA) is 64.0 Å². The van der Waals surface area contributed by atoms with Gasteiger partial charge in [0.05, 0.1) is 10.9 Å². The minimum atomic E-state index is -0.393. The van der Waals surface area contributed by atoms with E-state index in [0.717, 1.165) is 0 Å². The van der Waals surface area contributed by atoms with Crippen molar-refractivity contribution in [1.29, 1.82) is 0 Å². The molecule has 0 spiro atoms. The second-order valence-corrected chi connectivity index (χ2v) is 6.72. The molecule has 0 aliphatic heterocycles. The van der Waals surface area contributed by atoms with Gasteiger partial charge in [0.25, 0.3) is 5.56 Å². The number of amides is 1. The monoisotopic (exact) mass is 333 g/mol. The first kappa shape index (κ1) is 15.6. The van der Waals surface area contributed by atoms with Gasteiger partial charge in [-0.05, 0) is 32.9 Å². The molecule has 0 aliphatic rings. The fourth-order valence-corrected chi connectivity index (χ4v) is 3.64. The average Bonchev–Trinajstić information content (AvgIpc) is 2.83. The summed E-state index contributed by atoms with van der Waals surface area (Å²) in [4.78, 5) is 29.0. The van der Waals surface area contributed by atoms with Crippen molar-refractivity contribution in [2.75, 3.05) is 0 Å². The average molecular weight is 333 g/mol. The third-order valence-corrected chi connectivity index (χ3v) is 4.63. The van der Waals surface area contributed by atoms with Crippen LogP contribution in [0.15, 0.2) is 23.0 Å². The van der Waals surface area contributed by atoms with E-state index in [1.165, 1.54) is 22.0 Å². The molecule has 120 valence electrons. The standard InChI is InChI=1S/C16H16FN3O2S/c1-8(2)18-12(21)7-20-9(3)19-14-13-10(17)5-4-6-11(13)23-15(14)16(20)22/h4-6,8H,7H2,1-3H3,(H,18,21). The zero-order valence-electron chi connectivity index (χ0n) is 13.0. The Morgan fingerprint density at radius 3 is 2.87 bits per heavy atom. The summed E-state index contributed by atoms with van der Waals surface area (Å²) in [6, 6.07) is 4.71. The Labute approximate surface area is 135 Å². The molecule has 3 aromatic rings. The molecule has 1 aromatic carbocycles. The summed E-state index contributed by atoms with van der Waals surface area (Å²) < 4.78 is 16.4. The van der Waals surface area contributed by atoms with Crippen molar-refractivity contribution in [2.24, 2.45) is 0 Å². The molecule has 0 fully saturated rings. The first-order valence-electron chi connectivity index (χ1n) is 7.26. The smallest absolute Gasteiger partial charge is 0.272 e. The number of carbonyl (C=O) groups is 1. The highest BCUT2D eigenvalue weighted by Gasteiger charge is 2.17. The minimum absolute atomic E-state index is 0.00591. The number of fused-ring (bicyclic) bond motifs is 3. The van der Waals surface area contributed by atoms with Gasteiger partial charge in [-0.3, -0.25) is 14.2 Å². The quantitative estimate of drug-likeness (QED) is 0.801. The number of rotatable bonds is 3. The number of hydrogen-bond donors (Lipinski definition) is 1. The van der Waals surface area contributed by atoms with Crippen LogP contribution in [0.5, 0.6) is 0 Å². The summed E-state index contributed by atoms with van der Waals surface area (Å²) in [5.74, 6) is -0.252. The summed E-state index contributed by atoms with van der Waals surface area (Å²) >= 11 is 1.20. The summed E-state index contributed by atoms with van der Waals surface area (Å²) in [7, 11) is 0. The minimum Gasteiger partial charge on any atom is -0.352 e. The van der Waals surface area contributed by atoms with Gasteiger partial charge in [0.1, 0.15) is 22.9 Å². The van der Waals surface area contributed by atoms with Crippen LogP contribution in [0.3, 0.4) is 0 Å².